The minimum absolute atomic E-state index is 0. The molecule has 4 heterocycles. The summed E-state index contributed by atoms with van der Waals surface area (Å²) in [5.74, 6) is 2.92. The van der Waals surface area contributed by atoms with Crippen LogP contribution >= 0.6 is 0 Å². The maximum Gasteiger partial charge on any atom is 2.00 e. The summed E-state index contributed by atoms with van der Waals surface area (Å²) >= 11 is 0. The van der Waals surface area contributed by atoms with Gasteiger partial charge in [-0.25, -0.2) is 9.97 Å². The molecule has 0 bridgehead atoms. The van der Waals surface area contributed by atoms with Gasteiger partial charge in [-0.05, 0) is 58.1 Å². The maximum absolute atomic E-state index is 6.47. The Hall–Kier alpha value is -4.73. The van der Waals surface area contributed by atoms with Crippen molar-refractivity contribution in [3.63, 3.8) is 0 Å². The molecule has 0 amide bonds. The van der Waals surface area contributed by atoms with Crippen molar-refractivity contribution < 1.29 is 25.8 Å². The second-order valence-electron chi connectivity index (χ2n) is 11.8. The topological polar surface area (TPSA) is 44.9 Å². The van der Waals surface area contributed by atoms with Gasteiger partial charge in [-0.1, -0.05) is 74.3 Å². The molecule has 4 aromatic heterocycles. The largest absolute Gasteiger partial charge is 2.00 e. The first-order valence-electron chi connectivity index (χ1n) is 14.4. The van der Waals surface area contributed by atoms with Crippen LogP contribution in [-0.4, -0.2) is 19.1 Å². The molecule has 0 aliphatic carbocycles. The van der Waals surface area contributed by atoms with Gasteiger partial charge in [-0.3, -0.25) is 0 Å². The maximum atomic E-state index is 6.47. The first-order valence-corrected chi connectivity index (χ1v) is 14.4. The number of nitrogens with zero attached hydrogens (tertiary/aromatic N) is 4. The Morgan fingerprint density at radius 3 is 1.68 bits per heavy atom. The third-order valence-electron chi connectivity index (χ3n) is 8.05. The van der Waals surface area contributed by atoms with E-state index in [1.54, 1.807) is 0 Å². The van der Waals surface area contributed by atoms with E-state index < -0.39 is 0 Å². The van der Waals surface area contributed by atoms with Gasteiger partial charge in [0.25, 0.3) is 0 Å². The average Bonchev–Trinajstić information content (AvgIpc) is 3.53. The number of hydrogen-bond donors (Lipinski definition) is 0. The van der Waals surface area contributed by atoms with Crippen LogP contribution in [0.25, 0.3) is 55.2 Å². The van der Waals surface area contributed by atoms with E-state index in [2.05, 4.69) is 114 Å². The molecule has 0 aliphatic heterocycles. The Balaban J connectivity index is 0.00000312. The molecule has 8 aromatic rings. The van der Waals surface area contributed by atoms with Gasteiger partial charge in [0.2, 0.25) is 0 Å². The fourth-order valence-electron chi connectivity index (χ4n) is 5.96. The number of rotatable bonds is 4. The SMILES string of the molecule is CC(C)(C)c1ccnc(-n2c3[c-]c(Oc4[c-]c5c(cc4)c4ccccc4n5-c4ccccn4)ccc3c3ccccc32)c1.[Pt+2]. The molecular weight excluding hydrogens is 724 g/mol. The van der Waals surface area contributed by atoms with Crippen molar-refractivity contribution in [1.29, 1.82) is 0 Å². The Labute approximate surface area is 270 Å². The molecule has 0 saturated heterocycles. The molecule has 0 radical (unpaired) electrons. The van der Waals surface area contributed by atoms with E-state index in [0.717, 1.165) is 55.2 Å². The molecule has 0 saturated carbocycles. The molecule has 0 N–H and O–H groups in total. The first kappa shape index (κ1) is 28.1. The predicted octanol–water partition coefficient (Wildman–Crippen LogP) is 9.36. The fourth-order valence-corrected chi connectivity index (χ4v) is 5.96. The van der Waals surface area contributed by atoms with Crippen molar-refractivity contribution in [3.8, 4) is 23.1 Å². The Kier molecular flexibility index (Phi) is 6.87. The van der Waals surface area contributed by atoms with Gasteiger partial charge in [0, 0.05) is 34.9 Å². The van der Waals surface area contributed by atoms with Gasteiger partial charge in [-0.15, -0.1) is 35.0 Å². The zero-order valence-electron chi connectivity index (χ0n) is 24.5. The number of fused-ring (bicyclic) bond motifs is 6. The smallest absolute Gasteiger partial charge is 0.509 e. The zero-order chi connectivity index (χ0) is 29.1. The minimum Gasteiger partial charge on any atom is -0.509 e. The van der Waals surface area contributed by atoms with Crippen LogP contribution in [0.2, 0.25) is 0 Å². The van der Waals surface area contributed by atoms with Gasteiger partial charge in [0.1, 0.15) is 11.6 Å². The zero-order valence-corrected chi connectivity index (χ0v) is 26.8. The number of pyridine rings is 2. The Morgan fingerprint density at radius 1 is 0.568 bits per heavy atom. The van der Waals surface area contributed by atoms with Crippen molar-refractivity contribution >= 4 is 43.6 Å². The van der Waals surface area contributed by atoms with E-state index in [9.17, 15) is 0 Å². The molecule has 0 fully saturated rings. The van der Waals surface area contributed by atoms with E-state index >= 15 is 0 Å². The molecule has 216 valence electrons. The second kappa shape index (κ2) is 10.8. The summed E-state index contributed by atoms with van der Waals surface area (Å²) in [5.41, 5.74) is 5.21. The van der Waals surface area contributed by atoms with Gasteiger partial charge >= 0.3 is 21.1 Å². The number of aromatic nitrogens is 4. The summed E-state index contributed by atoms with van der Waals surface area (Å²) in [6.45, 7) is 6.66. The molecular formula is C38H28N4OPt. The van der Waals surface area contributed by atoms with Gasteiger partial charge in [0.05, 0.1) is 0 Å². The minimum atomic E-state index is 0. The summed E-state index contributed by atoms with van der Waals surface area (Å²) in [6, 6.07) is 42.2. The molecule has 0 spiro atoms. The Morgan fingerprint density at radius 2 is 1.11 bits per heavy atom. The first-order chi connectivity index (χ1) is 21.0. The number of benzene rings is 4. The van der Waals surface area contributed by atoms with Crippen LogP contribution in [0.4, 0.5) is 0 Å². The summed E-state index contributed by atoms with van der Waals surface area (Å²) in [7, 11) is 0. The quantitative estimate of drug-likeness (QED) is 0.169. The molecule has 44 heavy (non-hydrogen) atoms. The predicted molar refractivity (Wildman–Crippen MR) is 174 cm³/mol. The van der Waals surface area contributed by atoms with E-state index in [1.807, 2.05) is 48.8 Å². The van der Waals surface area contributed by atoms with Crippen LogP contribution in [0.15, 0.2) is 116 Å². The van der Waals surface area contributed by atoms with Crippen molar-refractivity contribution in [2.45, 2.75) is 26.2 Å². The van der Waals surface area contributed by atoms with Crippen LogP contribution < -0.4 is 4.74 Å². The van der Waals surface area contributed by atoms with Crippen molar-refractivity contribution in [1.82, 2.24) is 19.1 Å². The van der Waals surface area contributed by atoms with Crippen LogP contribution in [0.5, 0.6) is 11.5 Å². The van der Waals surface area contributed by atoms with Crippen molar-refractivity contribution in [3.05, 3.63) is 133 Å². The molecule has 4 aromatic carbocycles. The number of para-hydroxylation sites is 2. The number of ether oxygens (including phenoxy) is 1. The molecule has 0 unspecified atom stereocenters. The van der Waals surface area contributed by atoms with Crippen LogP contribution in [0.3, 0.4) is 0 Å². The second-order valence-corrected chi connectivity index (χ2v) is 11.8. The van der Waals surface area contributed by atoms with Crippen LogP contribution in [0.1, 0.15) is 26.3 Å². The molecule has 0 atom stereocenters. The normalized spacial score (nSPS) is 11.8. The third kappa shape index (κ3) is 4.60. The summed E-state index contributed by atoms with van der Waals surface area (Å²) in [6.07, 6.45) is 3.70. The van der Waals surface area contributed by atoms with E-state index in [1.165, 1.54) is 5.56 Å². The van der Waals surface area contributed by atoms with Gasteiger partial charge in [0.15, 0.2) is 0 Å². The monoisotopic (exact) mass is 751 g/mol. The van der Waals surface area contributed by atoms with E-state index in [4.69, 9.17) is 9.72 Å². The Bertz CT molecular complexity index is 2310. The third-order valence-corrected chi connectivity index (χ3v) is 8.05. The summed E-state index contributed by atoms with van der Waals surface area (Å²) < 4.78 is 10.8. The van der Waals surface area contributed by atoms with E-state index in [0.29, 0.717) is 11.5 Å². The fraction of sp³-hybridized carbons (Fsp3) is 0.105. The van der Waals surface area contributed by atoms with Crippen molar-refractivity contribution in [2.24, 2.45) is 0 Å². The van der Waals surface area contributed by atoms with E-state index in [-0.39, 0.29) is 26.5 Å². The van der Waals surface area contributed by atoms with Crippen LogP contribution in [0, 0.1) is 12.1 Å². The molecule has 8 rings (SSSR count). The molecule has 5 nitrogen and oxygen atoms in total. The van der Waals surface area contributed by atoms with Gasteiger partial charge in [-0.2, -0.15) is 12.1 Å². The van der Waals surface area contributed by atoms with Crippen LogP contribution in [-0.2, 0) is 26.5 Å². The van der Waals surface area contributed by atoms with Gasteiger partial charge < -0.3 is 13.9 Å². The molecule has 0 aliphatic rings. The molecule has 6 heteroatoms. The summed E-state index contributed by atoms with van der Waals surface area (Å²) in [5, 5.41) is 4.49. The number of hydrogen-bond acceptors (Lipinski definition) is 3. The summed E-state index contributed by atoms with van der Waals surface area (Å²) in [4.78, 5) is 9.43. The average molecular weight is 752 g/mol. The van der Waals surface area contributed by atoms with Crippen molar-refractivity contribution in [2.75, 3.05) is 0 Å². The standard InChI is InChI=1S/C38H28N4O.Pt/c1-38(2,3)25-19-21-40-37(22-25)42-33-13-7-5-11-29(33)31-18-16-27(24-35(31)42)43-26-15-17-30-28-10-4-6-12-32(28)41(34(30)23-26)36-14-8-9-20-39-36;/h4-22H,1-3H3;/q-2;+2.